The van der Waals surface area contributed by atoms with Crippen molar-refractivity contribution in [1.82, 2.24) is 10.6 Å². The molecule has 1 aromatic rings. The van der Waals surface area contributed by atoms with E-state index in [0.29, 0.717) is 0 Å². The van der Waals surface area contributed by atoms with Crippen LogP contribution in [0.1, 0.15) is 6.42 Å². The van der Waals surface area contributed by atoms with Crippen LogP contribution in [0.3, 0.4) is 0 Å². The molecule has 0 radical (unpaired) electrons. The van der Waals surface area contributed by atoms with Crippen LogP contribution in [0.15, 0.2) is 18.2 Å². The molecule has 1 aromatic carbocycles. The maximum Gasteiger partial charge on any atom is 0.234 e. The molecular weight excluding hydrogens is 268 g/mol. The number of anilines is 1. The number of halogens is 2. The first-order chi connectivity index (χ1) is 9.52. The number of carbonyl (C=O) groups is 2. The average Bonchev–Trinajstić information content (AvgIpc) is 2.70. The second kappa shape index (κ2) is 5.96. The molecule has 1 fully saturated rings. The van der Waals surface area contributed by atoms with Gasteiger partial charge < -0.3 is 15.5 Å². The molecule has 20 heavy (non-hydrogen) atoms. The third-order valence-electron chi connectivity index (χ3n) is 3.03. The van der Waals surface area contributed by atoms with Crippen LogP contribution in [0.25, 0.3) is 0 Å². The van der Waals surface area contributed by atoms with Crippen LogP contribution in [0.4, 0.5) is 14.5 Å². The van der Waals surface area contributed by atoms with Crippen LogP contribution >= 0.6 is 0 Å². The topological polar surface area (TPSA) is 61.4 Å². The Morgan fingerprint density at radius 1 is 1.40 bits per heavy atom. The molecule has 2 amide bonds. The molecule has 1 atom stereocenters. The lowest BCUT2D eigenvalue weighted by Crippen LogP contribution is -2.41. The van der Waals surface area contributed by atoms with E-state index < -0.39 is 23.6 Å². The summed E-state index contributed by atoms with van der Waals surface area (Å²) in [5.74, 6) is -2.26. The Bertz CT molecular complexity index is 516. The molecule has 1 aliphatic heterocycles. The van der Waals surface area contributed by atoms with Crippen molar-refractivity contribution < 1.29 is 18.4 Å². The predicted molar refractivity (Wildman–Crippen MR) is 69.2 cm³/mol. The van der Waals surface area contributed by atoms with Gasteiger partial charge in [0.1, 0.15) is 17.3 Å². The van der Waals surface area contributed by atoms with Crippen molar-refractivity contribution in [3.63, 3.8) is 0 Å². The number of nitrogens with one attached hydrogen (secondary N) is 2. The molecule has 7 heteroatoms. The summed E-state index contributed by atoms with van der Waals surface area (Å²) in [5, 5.41) is 5.32. The first-order valence-electron chi connectivity index (χ1n) is 6.21. The Morgan fingerprint density at radius 3 is 2.65 bits per heavy atom. The fraction of sp³-hybridized carbons (Fsp3) is 0.385. The van der Waals surface area contributed by atoms with E-state index in [2.05, 4.69) is 10.6 Å². The predicted octanol–water partition coefficient (Wildman–Crippen LogP) is 0.406. The molecular formula is C13H15F2N3O2. The van der Waals surface area contributed by atoms with Crippen LogP contribution < -0.4 is 15.5 Å². The summed E-state index contributed by atoms with van der Waals surface area (Å²) in [4.78, 5) is 24.3. The van der Waals surface area contributed by atoms with Crippen molar-refractivity contribution in [1.29, 1.82) is 0 Å². The zero-order valence-corrected chi connectivity index (χ0v) is 11.0. The maximum atomic E-state index is 13.7. The number of benzene rings is 1. The number of rotatable bonds is 4. The minimum Gasteiger partial charge on any atom is -0.350 e. The Morgan fingerprint density at radius 2 is 2.05 bits per heavy atom. The van der Waals surface area contributed by atoms with Gasteiger partial charge in [-0.25, -0.2) is 8.78 Å². The van der Waals surface area contributed by atoms with Gasteiger partial charge in [-0.2, -0.15) is 0 Å². The molecule has 1 heterocycles. The molecule has 108 valence electrons. The van der Waals surface area contributed by atoms with Crippen molar-refractivity contribution in [3.05, 3.63) is 29.8 Å². The first-order valence-corrected chi connectivity index (χ1v) is 6.21. The fourth-order valence-electron chi connectivity index (χ4n) is 2.21. The van der Waals surface area contributed by atoms with E-state index >= 15 is 0 Å². The van der Waals surface area contributed by atoms with Crippen LogP contribution in [0.5, 0.6) is 0 Å². The number of likely N-dealkylation sites (N-methyl/N-ethyl adjacent to an activating group) is 1. The van der Waals surface area contributed by atoms with Crippen LogP contribution in [0.2, 0.25) is 0 Å². The summed E-state index contributed by atoms with van der Waals surface area (Å²) in [6.07, 6.45) is 0.0310. The molecule has 0 spiro atoms. The van der Waals surface area contributed by atoms with E-state index in [0.717, 1.165) is 17.0 Å². The average molecular weight is 283 g/mol. The summed E-state index contributed by atoms with van der Waals surface area (Å²) >= 11 is 0. The summed E-state index contributed by atoms with van der Waals surface area (Å²) in [5.41, 5.74) is -0.358. The van der Waals surface area contributed by atoms with Crippen LogP contribution in [-0.2, 0) is 9.59 Å². The SMILES string of the molecule is CNCC(=O)NC1CC(=O)N(c2c(F)cccc2F)C1. The van der Waals surface area contributed by atoms with Gasteiger partial charge in [-0.15, -0.1) is 0 Å². The first kappa shape index (κ1) is 14.4. The number of hydrogen-bond donors (Lipinski definition) is 2. The van der Waals surface area contributed by atoms with Gasteiger partial charge >= 0.3 is 0 Å². The normalized spacial score (nSPS) is 18.4. The second-order valence-electron chi connectivity index (χ2n) is 4.57. The van der Waals surface area contributed by atoms with Crippen molar-refractivity contribution >= 4 is 17.5 Å². The molecule has 5 nitrogen and oxygen atoms in total. The van der Waals surface area contributed by atoms with E-state index in [1.165, 1.54) is 6.07 Å². The molecule has 0 aliphatic carbocycles. The minimum absolute atomic E-state index is 0.0310. The monoisotopic (exact) mass is 283 g/mol. The van der Waals surface area contributed by atoms with E-state index in [9.17, 15) is 18.4 Å². The van der Waals surface area contributed by atoms with Gasteiger partial charge in [-0.05, 0) is 19.2 Å². The van der Waals surface area contributed by atoms with Crippen LogP contribution in [-0.4, -0.2) is 38.0 Å². The molecule has 0 bridgehead atoms. The van der Waals surface area contributed by atoms with Gasteiger partial charge in [-0.3, -0.25) is 9.59 Å². The Balaban J connectivity index is 2.12. The largest absolute Gasteiger partial charge is 0.350 e. The van der Waals surface area contributed by atoms with E-state index in [1.54, 1.807) is 7.05 Å². The van der Waals surface area contributed by atoms with Gasteiger partial charge in [0.25, 0.3) is 0 Å². The van der Waals surface area contributed by atoms with Gasteiger partial charge in [0.15, 0.2) is 0 Å². The number of nitrogens with zero attached hydrogens (tertiary/aromatic N) is 1. The van der Waals surface area contributed by atoms with E-state index in [-0.39, 0.29) is 31.1 Å². The second-order valence-corrected chi connectivity index (χ2v) is 4.57. The summed E-state index contributed by atoms with van der Waals surface area (Å²) < 4.78 is 27.3. The lowest BCUT2D eigenvalue weighted by molar-refractivity contribution is -0.120. The molecule has 2 N–H and O–H groups in total. The van der Waals surface area contributed by atoms with Crippen molar-refractivity contribution in [3.8, 4) is 0 Å². The van der Waals surface area contributed by atoms with Gasteiger partial charge in [0.2, 0.25) is 11.8 Å². The third kappa shape index (κ3) is 2.93. The zero-order valence-electron chi connectivity index (χ0n) is 11.0. The highest BCUT2D eigenvalue weighted by molar-refractivity contribution is 5.97. The summed E-state index contributed by atoms with van der Waals surface area (Å²) in [7, 11) is 1.63. The summed E-state index contributed by atoms with van der Waals surface area (Å²) in [6.45, 7) is 0.185. The number of para-hydroxylation sites is 1. The Kier molecular flexibility index (Phi) is 4.29. The van der Waals surface area contributed by atoms with Crippen molar-refractivity contribution in [2.75, 3.05) is 25.0 Å². The number of carbonyl (C=O) groups excluding carboxylic acids is 2. The van der Waals surface area contributed by atoms with E-state index in [1.807, 2.05) is 0 Å². The Hall–Kier alpha value is -2.02. The van der Waals surface area contributed by atoms with Gasteiger partial charge in [-0.1, -0.05) is 6.07 Å². The lowest BCUT2D eigenvalue weighted by atomic mass is 10.2. The Labute approximate surface area is 114 Å². The maximum absolute atomic E-state index is 13.7. The molecule has 0 aromatic heterocycles. The molecule has 1 saturated heterocycles. The molecule has 0 saturated carbocycles. The van der Waals surface area contributed by atoms with Crippen molar-refractivity contribution in [2.45, 2.75) is 12.5 Å². The van der Waals surface area contributed by atoms with E-state index in [4.69, 9.17) is 0 Å². The quantitative estimate of drug-likeness (QED) is 0.841. The minimum atomic E-state index is -0.791. The summed E-state index contributed by atoms with van der Waals surface area (Å²) in [6, 6.07) is 2.99. The van der Waals surface area contributed by atoms with Crippen molar-refractivity contribution in [2.24, 2.45) is 0 Å². The standard InChI is InChI=1S/C13H15F2N3O2/c1-16-6-11(19)17-8-5-12(20)18(7-8)13-9(14)3-2-4-10(13)15/h2-4,8,16H,5-7H2,1H3,(H,17,19). The molecule has 2 rings (SSSR count). The molecule has 1 unspecified atom stereocenters. The van der Waals surface area contributed by atoms with Gasteiger partial charge in [0.05, 0.1) is 12.6 Å². The number of hydrogen-bond acceptors (Lipinski definition) is 3. The lowest BCUT2D eigenvalue weighted by Gasteiger charge is -2.18. The third-order valence-corrected chi connectivity index (χ3v) is 3.03. The fourth-order valence-corrected chi connectivity index (χ4v) is 2.21. The smallest absolute Gasteiger partial charge is 0.234 e. The van der Waals surface area contributed by atoms with Gasteiger partial charge in [0, 0.05) is 13.0 Å². The highest BCUT2D eigenvalue weighted by Crippen LogP contribution is 2.27. The number of amides is 2. The molecule has 1 aliphatic rings. The highest BCUT2D eigenvalue weighted by atomic mass is 19.1. The van der Waals surface area contributed by atoms with Crippen LogP contribution in [0, 0.1) is 11.6 Å². The highest BCUT2D eigenvalue weighted by Gasteiger charge is 2.34. The zero-order chi connectivity index (χ0) is 14.7.